The quantitative estimate of drug-likeness (QED) is 0.574. The van der Waals surface area contributed by atoms with Crippen molar-refractivity contribution in [3.8, 4) is 0 Å². The molecule has 0 atom stereocenters. The van der Waals surface area contributed by atoms with Gasteiger partial charge < -0.3 is 18.9 Å². The molecule has 0 unspecified atom stereocenters. The molecule has 5 rings (SSSR count). The Morgan fingerprint density at radius 1 is 1.00 bits per heavy atom. The van der Waals surface area contributed by atoms with E-state index in [1.165, 1.54) is 0 Å². The molecule has 2 aliphatic rings. The van der Waals surface area contributed by atoms with Crippen molar-refractivity contribution in [3.05, 3.63) is 65.9 Å². The van der Waals surface area contributed by atoms with Gasteiger partial charge in [0.15, 0.2) is 15.6 Å². The summed E-state index contributed by atoms with van der Waals surface area (Å²) in [7, 11) is -3.59. The van der Waals surface area contributed by atoms with Gasteiger partial charge in [0.2, 0.25) is 5.91 Å². The fourth-order valence-corrected chi connectivity index (χ4v) is 6.28. The van der Waals surface area contributed by atoms with Crippen LogP contribution in [-0.4, -0.2) is 55.9 Å². The Bertz CT molecular complexity index is 1260. The van der Waals surface area contributed by atoms with Gasteiger partial charge in [0.05, 0.1) is 23.9 Å². The number of carbonyl (C=O) groups excluding carboxylic acids is 1. The van der Waals surface area contributed by atoms with Crippen LogP contribution in [0.3, 0.4) is 0 Å². The molecule has 0 N–H and O–H groups in total. The first-order valence-corrected chi connectivity index (χ1v) is 12.9. The number of sulfone groups is 1. The number of aryl methyl sites for hydroxylation is 1. The Kier molecular flexibility index (Phi) is 5.76. The van der Waals surface area contributed by atoms with Gasteiger partial charge in [0.1, 0.15) is 6.54 Å². The highest BCUT2D eigenvalue weighted by atomic mass is 32.2. The third-order valence-electron chi connectivity index (χ3n) is 6.56. The summed E-state index contributed by atoms with van der Waals surface area (Å²) in [4.78, 5) is 15.1. The van der Waals surface area contributed by atoms with Crippen LogP contribution in [0.2, 0.25) is 0 Å². The van der Waals surface area contributed by atoms with E-state index in [4.69, 9.17) is 9.47 Å². The molecular weight excluding hydrogens is 440 g/mol. The molecule has 0 bridgehead atoms. The van der Waals surface area contributed by atoms with Gasteiger partial charge in [0, 0.05) is 43.0 Å². The Morgan fingerprint density at radius 3 is 2.36 bits per heavy atom. The number of piperidine rings is 1. The van der Waals surface area contributed by atoms with E-state index in [-0.39, 0.29) is 23.1 Å². The molecule has 3 aromatic rings. The normalized spacial score (nSPS) is 18.3. The highest BCUT2D eigenvalue weighted by molar-refractivity contribution is 7.90. The lowest BCUT2D eigenvalue weighted by Crippen LogP contribution is -2.48. The molecule has 0 saturated carbocycles. The summed E-state index contributed by atoms with van der Waals surface area (Å²) in [6, 6.07) is 14.9. The summed E-state index contributed by atoms with van der Waals surface area (Å²) in [5.41, 5.74) is 2.57. The molecule has 0 radical (unpaired) electrons. The number of hydrogen-bond acceptors (Lipinski definition) is 5. The van der Waals surface area contributed by atoms with Gasteiger partial charge in [-0.15, -0.1) is 0 Å². The molecule has 33 heavy (non-hydrogen) atoms. The van der Waals surface area contributed by atoms with Crippen molar-refractivity contribution in [3.63, 3.8) is 0 Å². The lowest BCUT2D eigenvalue weighted by molar-refractivity contribution is -0.187. The second kappa shape index (κ2) is 8.59. The number of benzene rings is 2. The standard InChI is InChI=1S/C25H28N2O5S/c1-19-6-8-20(9-7-19)18-33(29,30)23-16-27(22-5-3-2-4-21(22)23)17-24(28)26-12-10-25(11-13-26)31-14-15-32-25/h2-9,16H,10-15,17-18H2,1H3. The summed E-state index contributed by atoms with van der Waals surface area (Å²) in [6.07, 6.45) is 2.92. The molecular formula is C25H28N2O5S. The van der Waals surface area contributed by atoms with E-state index in [9.17, 15) is 13.2 Å². The van der Waals surface area contributed by atoms with E-state index in [2.05, 4.69) is 0 Å². The van der Waals surface area contributed by atoms with Crippen molar-refractivity contribution in [2.24, 2.45) is 0 Å². The number of ether oxygens (including phenoxy) is 2. The summed E-state index contributed by atoms with van der Waals surface area (Å²) < 4.78 is 39.9. The molecule has 174 valence electrons. The van der Waals surface area contributed by atoms with Gasteiger partial charge in [-0.1, -0.05) is 48.0 Å². The van der Waals surface area contributed by atoms with E-state index in [1.54, 1.807) is 16.8 Å². The molecule has 2 aliphatic heterocycles. The topological polar surface area (TPSA) is 77.8 Å². The summed E-state index contributed by atoms with van der Waals surface area (Å²) in [6.45, 7) is 4.40. The summed E-state index contributed by atoms with van der Waals surface area (Å²) >= 11 is 0. The molecule has 2 saturated heterocycles. The van der Waals surface area contributed by atoms with Crippen molar-refractivity contribution in [2.75, 3.05) is 26.3 Å². The predicted molar refractivity (Wildman–Crippen MR) is 124 cm³/mol. The monoisotopic (exact) mass is 468 g/mol. The third-order valence-corrected chi connectivity index (χ3v) is 8.27. The maximum absolute atomic E-state index is 13.3. The number of amides is 1. The minimum atomic E-state index is -3.59. The molecule has 8 heteroatoms. The summed E-state index contributed by atoms with van der Waals surface area (Å²) in [5, 5.41) is 0.641. The number of hydrogen-bond donors (Lipinski definition) is 0. The van der Waals surface area contributed by atoms with Crippen LogP contribution in [-0.2, 0) is 36.4 Å². The van der Waals surface area contributed by atoms with E-state index >= 15 is 0 Å². The maximum Gasteiger partial charge on any atom is 0.242 e. The number of para-hydroxylation sites is 1. The van der Waals surface area contributed by atoms with E-state index < -0.39 is 15.6 Å². The number of nitrogens with zero attached hydrogens (tertiary/aromatic N) is 2. The molecule has 7 nitrogen and oxygen atoms in total. The maximum atomic E-state index is 13.3. The molecule has 3 heterocycles. The number of fused-ring (bicyclic) bond motifs is 1. The van der Waals surface area contributed by atoms with Gasteiger partial charge in [-0.05, 0) is 18.6 Å². The minimum absolute atomic E-state index is 0.0360. The fourth-order valence-electron chi connectivity index (χ4n) is 4.70. The van der Waals surface area contributed by atoms with E-state index in [0.717, 1.165) is 16.6 Å². The number of carbonyl (C=O) groups is 1. The van der Waals surface area contributed by atoms with Crippen LogP contribution in [0.25, 0.3) is 10.9 Å². The number of aromatic nitrogens is 1. The van der Waals surface area contributed by atoms with Crippen LogP contribution in [0.1, 0.15) is 24.0 Å². The van der Waals surface area contributed by atoms with Crippen molar-refractivity contribution in [1.29, 1.82) is 0 Å². The first-order valence-electron chi connectivity index (χ1n) is 11.3. The van der Waals surface area contributed by atoms with Gasteiger partial charge in [-0.25, -0.2) is 8.42 Å². The van der Waals surface area contributed by atoms with Crippen LogP contribution in [0.5, 0.6) is 0 Å². The fraction of sp³-hybridized carbons (Fsp3) is 0.400. The first kappa shape index (κ1) is 22.1. The van der Waals surface area contributed by atoms with Gasteiger partial charge >= 0.3 is 0 Å². The average molecular weight is 469 g/mol. The zero-order valence-electron chi connectivity index (χ0n) is 18.7. The number of rotatable bonds is 5. The van der Waals surface area contributed by atoms with Crippen LogP contribution >= 0.6 is 0 Å². The molecule has 1 spiro atoms. The van der Waals surface area contributed by atoms with Crippen LogP contribution in [0.15, 0.2) is 59.6 Å². The van der Waals surface area contributed by atoms with E-state index in [0.29, 0.717) is 44.5 Å². The molecule has 1 amide bonds. The van der Waals surface area contributed by atoms with Crippen LogP contribution < -0.4 is 0 Å². The van der Waals surface area contributed by atoms with Crippen molar-refractivity contribution < 1.29 is 22.7 Å². The first-order chi connectivity index (χ1) is 15.9. The van der Waals surface area contributed by atoms with Crippen molar-refractivity contribution in [1.82, 2.24) is 9.47 Å². The SMILES string of the molecule is Cc1ccc(CS(=O)(=O)c2cn(CC(=O)N3CCC4(CC3)OCCO4)c3ccccc23)cc1. The summed E-state index contributed by atoms with van der Waals surface area (Å²) in [5.74, 6) is -0.650. The molecule has 2 aromatic carbocycles. The van der Waals surface area contributed by atoms with Gasteiger partial charge in [-0.3, -0.25) is 4.79 Å². The molecule has 0 aliphatic carbocycles. The van der Waals surface area contributed by atoms with Gasteiger partial charge in [0.25, 0.3) is 0 Å². The van der Waals surface area contributed by atoms with Crippen LogP contribution in [0, 0.1) is 6.92 Å². The smallest absolute Gasteiger partial charge is 0.242 e. The van der Waals surface area contributed by atoms with Gasteiger partial charge in [-0.2, -0.15) is 0 Å². The Morgan fingerprint density at radius 2 is 1.67 bits per heavy atom. The number of likely N-dealkylation sites (tertiary alicyclic amines) is 1. The van der Waals surface area contributed by atoms with E-state index in [1.807, 2.05) is 54.3 Å². The second-order valence-corrected chi connectivity index (χ2v) is 10.8. The zero-order chi connectivity index (χ0) is 23.1. The second-order valence-electron chi connectivity index (χ2n) is 8.87. The highest BCUT2D eigenvalue weighted by Crippen LogP contribution is 2.32. The molecule has 2 fully saturated rings. The average Bonchev–Trinajstić information content (AvgIpc) is 3.41. The highest BCUT2D eigenvalue weighted by Gasteiger charge is 2.40. The largest absolute Gasteiger partial charge is 0.347 e. The lowest BCUT2D eigenvalue weighted by Gasteiger charge is -2.37. The molecule has 1 aromatic heterocycles. The Labute approximate surface area is 193 Å². The lowest BCUT2D eigenvalue weighted by atomic mass is 10.0. The Hall–Kier alpha value is -2.68. The van der Waals surface area contributed by atoms with Crippen molar-refractivity contribution >= 4 is 26.6 Å². The third kappa shape index (κ3) is 4.43. The minimum Gasteiger partial charge on any atom is -0.347 e. The Balaban J connectivity index is 1.37. The van der Waals surface area contributed by atoms with Crippen LogP contribution in [0.4, 0.5) is 0 Å². The zero-order valence-corrected chi connectivity index (χ0v) is 19.5. The predicted octanol–water partition coefficient (Wildman–Crippen LogP) is 3.29. The van der Waals surface area contributed by atoms with Crippen molar-refractivity contribution in [2.45, 2.75) is 42.7 Å².